The van der Waals surface area contributed by atoms with E-state index >= 15 is 0 Å². The lowest BCUT2D eigenvalue weighted by Crippen LogP contribution is -2.38. The predicted molar refractivity (Wildman–Crippen MR) is 81.4 cm³/mol. The van der Waals surface area contributed by atoms with E-state index in [0.29, 0.717) is 26.2 Å². The monoisotopic (exact) mass is 314 g/mol. The number of β-amino-alcohol motifs (C(OH)–C–C–N with tert-alkyl or cyclic N) is 1. The Labute approximate surface area is 130 Å². The first-order valence-corrected chi connectivity index (χ1v) is 7.72. The van der Waals surface area contributed by atoms with Gasteiger partial charge in [0.15, 0.2) is 0 Å². The van der Waals surface area contributed by atoms with Gasteiger partial charge >= 0.3 is 0 Å². The van der Waals surface area contributed by atoms with E-state index in [1.807, 2.05) is 30.3 Å². The number of halogens is 2. The summed E-state index contributed by atoms with van der Waals surface area (Å²) in [5.74, 6) is 0.737. The minimum Gasteiger partial charge on any atom is -0.491 e. The zero-order valence-corrected chi connectivity index (χ0v) is 12.7. The van der Waals surface area contributed by atoms with Gasteiger partial charge in [-0.25, -0.2) is 8.78 Å². The third-order valence-electron chi connectivity index (χ3n) is 3.73. The van der Waals surface area contributed by atoms with Gasteiger partial charge in [0.05, 0.1) is 6.54 Å². The maximum Gasteiger partial charge on any atom is 0.251 e. The van der Waals surface area contributed by atoms with Crippen molar-refractivity contribution in [2.75, 3.05) is 45.9 Å². The molecule has 2 rings (SSSR count). The summed E-state index contributed by atoms with van der Waals surface area (Å²) < 4.78 is 30.3. The molecule has 0 aromatic heterocycles. The zero-order valence-electron chi connectivity index (χ0n) is 12.7. The Morgan fingerprint density at radius 1 is 1.00 bits per heavy atom. The molecule has 1 aromatic rings. The molecule has 6 heteroatoms. The Hall–Kier alpha value is -1.24. The average molecular weight is 314 g/mol. The lowest BCUT2D eigenvalue weighted by atomic mass is 10.3. The smallest absolute Gasteiger partial charge is 0.251 e. The van der Waals surface area contributed by atoms with Crippen LogP contribution in [0.2, 0.25) is 0 Å². The molecule has 0 amide bonds. The molecule has 1 atom stereocenters. The summed E-state index contributed by atoms with van der Waals surface area (Å²) >= 11 is 0. The lowest BCUT2D eigenvalue weighted by molar-refractivity contribution is 0.0662. The molecule has 0 aliphatic carbocycles. The summed E-state index contributed by atoms with van der Waals surface area (Å²) in [6.45, 7) is 3.43. The minimum atomic E-state index is -2.28. The highest BCUT2D eigenvalue weighted by molar-refractivity contribution is 5.20. The van der Waals surface area contributed by atoms with Gasteiger partial charge in [-0.1, -0.05) is 18.2 Å². The number of para-hydroxylation sites is 1. The standard InChI is InChI=1S/C16H24F2N2O2/c17-16(18)12-20-8-4-7-19(9-10-20)11-14(21)13-22-15-5-2-1-3-6-15/h1-3,5-6,14,16,21H,4,7-13H2. The van der Waals surface area contributed by atoms with Crippen molar-refractivity contribution in [2.24, 2.45) is 0 Å². The maximum absolute atomic E-state index is 12.4. The van der Waals surface area contributed by atoms with Gasteiger partial charge in [-0.05, 0) is 31.6 Å². The molecule has 1 heterocycles. The molecular formula is C16H24F2N2O2. The molecule has 1 saturated heterocycles. The SMILES string of the molecule is OC(COc1ccccc1)CN1CCCN(CC(F)F)CC1. The van der Waals surface area contributed by atoms with Crippen molar-refractivity contribution in [1.29, 1.82) is 0 Å². The second kappa shape index (κ2) is 9.02. The van der Waals surface area contributed by atoms with Gasteiger partial charge < -0.3 is 9.84 Å². The fourth-order valence-electron chi connectivity index (χ4n) is 2.64. The fraction of sp³-hybridized carbons (Fsp3) is 0.625. The van der Waals surface area contributed by atoms with Crippen LogP contribution in [0, 0.1) is 0 Å². The van der Waals surface area contributed by atoms with Crippen LogP contribution in [0.5, 0.6) is 5.75 Å². The van der Waals surface area contributed by atoms with E-state index in [-0.39, 0.29) is 13.2 Å². The van der Waals surface area contributed by atoms with E-state index < -0.39 is 12.5 Å². The number of alkyl halides is 2. The van der Waals surface area contributed by atoms with Crippen LogP contribution < -0.4 is 4.74 Å². The van der Waals surface area contributed by atoms with Crippen LogP contribution in [0.15, 0.2) is 30.3 Å². The summed E-state index contributed by atoms with van der Waals surface area (Å²) in [5, 5.41) is 10.1. The van der Waals surface area contributed by atoms with Gasteiger partial charge in [-0.2, -0.15) is 0 Å². The molecule has 1 unspecified atom stereocenters. The van der Waals surface area contributed by atoms with Crippen molar-refractivity contribution in [3.05, 3.63) is 30.3 Å². The van der Waals surface area contributed by atoms with Gasteiger partial charge in [0.1, 0.15) is 18.5 Å². The van der Waals surface area contributed by atoms with E-state index in [1.54, 1.807) is 4.90 Å². The molecule has 4 nitrogen and oxygen atoms in total. The van der Waals surface area contributed by atoms with Crippen LogP contribution in [-0.4, -0.2) is 73.3 Å². The molecule has 124 valence electrons. The average Bonchev–Trinajstić information content (AvgIpc) is 2.71. The number of hydrogen-bond donors (Lipinski definition) is 1. The largest absolute Gasteiger partial charge is 0.491 e. The quantitative estimate of drug-likeness (QED) is 0.831. The third kappa shape index (κ3) is 6.25. The molecule has 1 aliphatic rings. The second-order valence-corrected chi connectivity index (χ2v) is 5.62. The van der Waals surface area contributed by atoms with Crippen LogP contribution in [0.25, 0.3) is 0 Å². The minimum absolute atomic E-state index is 0.159. The molecule has 1 fully saturated rings. The van der Waals surface area contributed by atoms with E-state index in [2.05, 4.69) is 4.90 Å². The predicted octanol–water partition coefficient (Wildman–Crippen LogP) is 1.70. The summed E-state index contributed by atoms with van der Waals surface area (Å²) in [6, 6.07) is 9.37. The number of nitrogens with zero attached hydrogens (tertiary/aromatic N) is 2. The number of ether oxygens (including phenoxy) is 1. The van der Waals surface area contributed by atoms with E-state index in [1.165, 1.54) is 0 Å². The molecule has 0 bridgehead atoms. The van der Waals surface area contributed by atoms with E-state index in [4.69, 9.17) is 4.74 Å². The first kappa shape index (κ1) is 17.1. The Kier molecular flexibility index (Phi) is 7.02. The highest BCUT2D eigenvalue weighted by Gasteiger charge is 2.19. The number of hydrogen-bond acceptors (Lipinski definition) is 4. The lowest BCUT2D eigenvalue weighted by Gasteiger charge is -2.24. The normalized spacial score (nSPS) is 19.1. The number of aliphatic hydroxyl groups excluding tert-OH is 1. The summed E-state index contributed by atoms with van der Waals surface area (Å²) in [4.78, 5) is 3.90. The molecule has 1 N–H and O–H groups in total. The van der Waals surface area contributed by atoms with Crippen molar-refractivity contribution >= 4 is 0 Å². The molecule has 0 saturated carbocycles. The Balaban J connectivity index is 1.69. The highest BCUT2D eigenvalue weighted by Crippen LogP contribution is 2.10. The van der Waals surface area contributed by atoms with Gasteiger partial charge in [-0.15, -0.1) is 0 Å². The summed E-state index contributed by atoms with van der Waals surface area (Å²) in [6.07, 6.45) is -2.02. The summed E-state index contributed by atoms with van der Waals surface area (Å²) in [5.41, 5.74) is 0. The molecule has 1 aliphatic heterocycles. The van der Waals surface area contributed by atoms with Crippen molar-refractivity contribution in [3.8, 4) is 5.75 Å². The summed E-state index contributed by atoms with van der Waals surface area (Å²) in [7, 11) is 0. The molecular weight excluding hydrogens is 290 g/mol. The second-order valence-electron chi connectivity index (χ2n) is 5.62. The van der Waals surface area contributed by atoms with Crippen molar-refractivity contribution in [3.63, 3.8) is 0 Å². The van der Waals surface area contributed by atoms with Crippen LogP contribution in [-0.2, 0) is 0 Å². The number of benzene rings is 1. The third-order valence-corrected chi connectivity index (χ3v) is 3.73. The zero-order chi connectivity index (χ0) is 15.8. The van der Waals surface area contributed by atoms with Crippen LogP contribution in [0.3, 0.4) is 0 Å². The van der Waals surface area contributed by atoms with Crippen molar-refractivity contribution < 1.29 is 18.6 Å². The van der Waals surface area contributed by atoms with Gasteiger partial charge in [0.25, 0.3) is 6.43 Å². The Morgan fingerprint density at radius 3 is 2.27 bits per heavy atom. The molecule has 0 spiro atoms. The molecule has 0 radical (unpaired) electrons. The Bertz CT molecular complexity index is 420. The van der Waals surface area contributed by atoms with Crippen molar-refractivity contribution in [1.82, 2.24) is 9.80 Å². The van der Waals surface area contributed by atoms with Crippen molar-refractivity contribution in [2.45, 2.75) is 19.0 Å². The highest BCUT2D eigenvalue weighted by atomic mass is 19.3. The molecule has 1 aromatic carbocycles. The van der Waals surface area contributed by atoms with Gasteiger partial charge in [0, 0.05) is 19.6 Å². The first-order chi connectivity index (χ1) is 10.6. The van der Waals surface area contributed by atoms with Crippen LogP contribution >= 0.6 is 0 Å². The van der Waals surface area contributed by atoms with E-state index in [0.717, 1.165) is 18.7 Å². The van der Waals surface area contributed by atoms with Crippen LogP contribution in [0.1, 0.15) is 6.42 Å². The molecule has 22 heavy (non-hydrogen) atoms. The Morgan fingerprint density at radius 2 is 1.64 bits per heavy atom. The number of aliphatic hydroxyl groups is 1. The number of rotatable bonds is 7. The van der Waals surface area contributed by atoms with Gasteiger partial charge in [0.2, 0.25) is 0 Å². The van der Waals surface area contributed by atoms with Gasteiger partial charge in [-0.3, -0.25) is 9.80 Å². The fourth-order valence-corrected chi connectivity index (χ4v) is 2.64. The first-order valence-electron chi connectivity index (χ1n) is 7.72. The van der Waals surface area contributed by atoms with E-state index in [9.17, 15) is 13.9 Å². The van der Waals surface area contributed by atoms with Crippen LogP contribution in [0.4, 0.5) is 8.78 Å². The topological polar surface area (TPSA) is 35.9 Å². The maximum atomic E-state index is 12.4.